The second kappa shape index (κ2) is 8.79. The molecule has 0 unspecified atom stereocenters. The Morgan fingerprint density at radius 1 is 1.15 bits per heavy atom. The van der Waals surface area contributed by atoms with E-state index in [-0.39, 0.29) is 5.91 Å². The molecule has 5 heteroatoms. The molecule has 0 bridgehead atoms. The fraction of sp³-hybridized carbons (Fsp3) is 0.238. The van der Waals surface area contributed by atoms with Crippen LogP contribution in [0.2, 0.25) is 5.02 Å². The SMILES string of the molecule is CCOCCCNC(=O)c1cc(-c2ccccc2Cl)nc2ccccc12. The lowest BCUT2D eigenvalue weighted by molar-refractivity contribution is 0.0946. The summed E-state index contributed by atoms with van der Waals surface area (Å²) < 4.78 is 5.31. The van der Waals surface area contributed by atoms with Gasteiger partial charge in [0.15, 0.2) is 0 Å². The molecule has 134 valence electrons. The molecule has 3 aromatic rings. The lowest BCUT2D eigenvalue weighted by atomic mass is 10.0. The maximum Gasteiger partial charge on any atom is 0.252 e. The summed E-state index contributed by atoms with van der Waals surface area (Å²) in [5.41, 5.74) is 2.87. The summed E-state index contributed by atoms with van der Waals surface area (Å²) in [6.07, 6.45) is 0.778. The summed E-state index contributed by atoms with van der Waals surface area (Å²) in [7, 11) is 0. The van der Waals surface area contributed by atoms with Crippen molar-refractivity contribution in [2.24, 2.45) is 0 Å². The molecule has 26 heavy (non-hydrogen) atoms. The topological polar surface area (TPSA) is 51.2 Å². The molecule has 0 saturated carbocycles. The van der Waals surface area contributed by atoms with Crippen molar-refractivity contribution in [1.29, 1.82) is 0 Å². The van der Waals surface area contributed by atoms with Crippen molar-refractivity contribution in [3.8, 4) is 11.3 Å². The minimum atomic E-state index is -0.117. The summed E-state index contributed by atoms with van der Waals surface area (Å²) in [6.45, 7) is 3.84. The highest BCUT2D eigenvalue weighted by atomic mass is 35.5. The Morgan fingerprint density at radius 3 is 2.73 bits per heavy atom. The number of nitrogens with one attached hydrogen (secondary N) is 1. The van der Waals surface area contributed by atoms with Crippen LogP contribution in [0.25, 0.3) is 22.2 Å². The maximum absolute atomic E-state index is 12.7. The monoisotopic (exact) mass is 368 g/mol. The Hall–Kier alpha value is -2.43. The van der Waals surface area contributed by atoms with Crippen LogP contribution in [0.3, 0.4) is 0 Å². The number of carbonyl (C=O) groups is 1. The van der Waals surface area contributed by atoms with Crippen LogP contribution in [0.5, 0.6) is 0 Å². The molecule has 1 heterocycles. The van der Waals surface area contributed by atoms with Gasteiger partial charge < -0.3 is 10.1 Å². The van der Waals surface area contributed by atoms with Gasteiger partial charge in [-0.2, -0.15) is 0 Å². The zero-order chi connectivity index (χ0) is 18.4. The average molecular weight is 369 g/mol. The number of nitrogens with zero attached hydrogens (tertiary/aromatic N) is 1. The molecule has 0 aliphatic heterocycles. The van der Waals surface area contributed by atoms with Gasteiger partial charge in [0.05, 0.1) is 16.8 Å². The van der Waals surface area contributed by atoms with Gasteiger partial charge in [-0.3, -0.25) is 4.79 Å². The normalized spacial score (nSPS) is 10.8. The first kappa shape index (κ1) is 18.4. The van der Waals surface area contributed by atoms with Crippen LogP contribution >= 0.6 is 11.6 Å². The van der Waals surface area contributed by atoms with E-state index >= 15 is 0 Å². The number of benzene rings is 2. The Labute approximate surface area is 158 Å². The molecule has 3 rings (SSSR count). The summed E-state index contributed by atoms with van der Waals surface area (Å²) in [4.78, 5) is 17.4. The van der Waals surface area contributed by atoms with E-state index in [2.05, 4.69) is 10.3 Å². The Kier molecular flexibility index (Phi) is 6.21. The molecule has 0 aliphatic carbocycles. The lowest BCUT2D eigenvalue weighted by Gasteiger charge is -2.11. The summed E-state index contributed by atoms with van der Waals surface area (Å²) in [6, 6.07) is 17.0. The van der Waals surface area contributed by atoms with E-state index in [1.165, 1.54) is 0 Å². The number of ether oxygens (including phenoxy) is 1. The van der Waals surface area contributed by atoms with Crippen LogP contribution in [-0.2, 0) is 4.74 Å². The molecule has 0 aliphatic rings. The minimum Gasteiger partial charge on any atom is -0.382 e. The van der Waals surface area contributed by atoms with Gasteiger partial charge in [-0.05, 0) is 31.5 Å². The molecule has 1 amide bonds. The summed E-state index contributed by atoms with van der Waals surface area (Å²) in [5, 5.41) is 4.40. The third-order valence-corrected chi connectivity index (χ3v) is 4.40. The van der Waals surface area contributed by atoms with Crippen LogP contribution in [-0.4, -0.2) is 30.6 Å². The predicted molar refractivity (Wildman–Crippen MR) is 106 cm³/mol. The van der Waals surface area contributed by atoms with Gasteiger partial charge in [-0.15, -0.1) is 0 Å². The third-order valence-electron chi connectivity index (χ3n) is 4.07. The molecular formula is C21H21ClN2O2. The highest BCUT2D eigenvalue weighted by Gasteiger charge is 2.14. The van der Waals surface area contributed by atoms with Gasteiger partial charge in [-0.1, -0.05) is 48.0 Å². The van der Waals surface area contributed by atoms with Gasteiger partial charge in [0.1, 0.15) is 0 Å². The highest BCUT2D eigenvalue weighted by molar-refractivity contribution is 6.33. The second-order valence-corrected chi connectivity index (χ2v) is 6.27. The first-order valence-corrected chi connectivity index (χ1v) is 9.09. The fourth-order valence-corrected chi connectivity index (χ4v) is 3.02. The molecule has 0 fully saturated rings. The highest BCUT2D eigenvalue weighted by Crippen LogP contribution is 2.29. The largest absolute Gasteiger partial charge is 0.382 e. The number of fused-ring (bicyclic) bond motifs is 1. The number of hydrogen-bond acceptors (Lipinski definition) is 3. The zero-order valence-electron chi connectivity index (χ0n) is 14.7. The van der Waals surface area contributed by atoms with Crippen molar-refractivity contribution in [3.63, 3.8) is 0 Å². The number of hydrogen-bond donors (Lipinski definition) is 1. The number of pyridine rings is 1. The average Bonchev–Trinajstić information content (AvgIpc) is 2.67. The number of carbonyl (C=O) groups excluding carboxylic acids is 1. The van der Waals surface area contributed by atoms with E-state index in [9.17, 15) is 4.79 Å². The molecule has 1 N–H and O–H groups in total. The van der Waals surface area contributed by atoms with Crippen molar-refractivity contribution < 1.29 is 9.53 Å². The van der Waals surface area contributed by atoms with Gasteiger partial charge in [0.2, 0.25) is 0 Å². The lowest BCUT2D eigenvalue weighted by Crippen LogP contribution is -2.25. The van der Waals surface area contributed by atoms with Gasteiger partial charge in [0.25, 0.3) is 5.91 Å². The van der Waals surface area contributed by atoms with E-state index < -0.39 is 0 Å². The number of aromatic nitrogens is 1. The summed E-state index contributed by atoms with van der Waals surface area (Å²) >= 11 is 6.32. The fourth-order valence-electron chi connectivity index (χ4n) is 2.79. The van der Waals surface area contributed by atoms with Crippen LogP contribution < -0.4 is 5.32 Å². The Morgan fingerprint density at radius 2 is 1.92 bits per heavy atom. The maximum atomic E-state index is 12.7. The summed E-state index contributed by atoms with van der Waals surface area (Å²) in [5.74, 6) is -0.117. The number of amides is 1. The number of para-hydroxylation sites is 1. The van der Waals surface area contributed by atoms with E-state index in [1.807, 2.05) is 55.5 Å². The van der Waals surface area contributed by atoms with Crippen LogP contribution in [0.4, 0.5) is 0 Å². The van der Waals surface area contributed by atoms with Crippen LogP contribution in [0.1, 0.15) is 23.7 Å². The Balaban J connectivity index is 1.93. The molecular weight excluding hydrogens is 348 g/mol. The quantitative estimate of drug-likeness (QED) is 0.614. The second-order valence-electron chi connectivity index (χ2n) is 5.86. The van der Waals surface area contributed by atoms with Crippen molar-refractivity contribution in [2.45, 2.75) is 13.3 Å². The van der Waals surface area contributed by atoms with Crippen molar-refractivity contribution >= 4 is 28.4 Å². The van der Waals surface area contributed by atoms with E-state index in [0.29, 0.717) is 36.0 Å². The molecule has 0 saturated heterocycles. The predicted octanol–water partition coefficient (Wildman–Crippen LogP) is 4.71. The smallest absolute Gasteiger partial charge is 0.252 e. The van der Waals surface area contributed by atoms with E-state index in [1.54, 1.807) is 6.07 Å². The third kappa shape index (κ3) is 4.21. The van der Waals surface area contributed by atoms with Crippen molar-refractivity contribution in [1.82, 2.24) is 10.3 Å². The first-order valence-electron chi connectivity index (χ1n) is 8.71. The zero-order valence-corrected chi connectivity index (χ0v) is 15.4. The van der Waals surface area contributed by atoms with Gasteiger partial charge >= 0.3 is 0 Å². The van der Waals surface area contributed by atoms with Crippen LogP contribution in [0.15, 0.2) is 54.6 Å². The number of rotatable bonds is 7. The minimum absolute atomic E-state index is 0.117. The Bertz CT molecular complexity index is 911. The molecule has 1 aromatic heterocycles. The molecule has 4 nitrogen and oxygen atoms in total. The van der Waals surface area contributed by atoms with Crippen molar-refractivity contribution in [2.75, 3.05) is 19.8 Å². The van der Waals surface area contributed by atoms with Gasteiger partial charge in [0, 0.05) is 35.7 Å². The standard InChI is InChI=1S/C21H21ClN2O2/c1-2-26-13-7-12-23-21(25)17-14-20(16-9-3-5-10-18(16)22)24-19-11-6-4-8-15(17)19/h3-6,8-11,14H,2,7,12-13H2,1H3,(H,23,25). The van der Waals surface area contributed by atoms with Crippen molar-refractivity contribution in [3.05, 3.63) is 65.2 Å². The van der Waals surface area contributed by atoms with E-state index in [0.717, 1.165) is 22.9 Å². The van der Waals surface area contributed by atoms with E-state index in [4.69, 9.17) is 16.3 Å². The molecule has 0 radical (unpaired) electrons. The molecule has 2 aromatic carbocycles. The molecule has 0 atom stereocenters. The molecule has 0 spiro atoms. The van der Waals surface area contributed by atoms with Crippen LogP contribution in [0, 0.1) is 0 Å². The van der Waals surface area contributed by atoms with Gasteiger partial charge in [-0.25, -0.2) is 4.98 Å². The first-order chi connectivity index (χ1) is 12.7. The number of halogens is 1.